The first-order valence-corrected chi connectivity index (χ1v) is 9.40. The number of nitrogens with zero attached hydrogens (tertiary/aromatic N) is 1. The van der Waals surface area contributed by atoms with Gasteiger partial charge < -0.3 is 9.84 Å². The van der Waals surface area contributed by atoms with Gasteiger partial charge in [0.15, 0.2) is 0 Å². The molecule has 3 rings (SSSR count). The van der Waals surface area contributed by atoms with Crippen LogP contribution in [0.25, 0.3) is 6.08 Å². The van der Waals surface area contributed by atoms with Crippen molar-refractivity contribution in [3.63, 3.8) is 0 Å². The molecule has 1 fully saturated rings. The molecule has 0 spiro atoms. The van der Waals surface area contributed by atoms with Crippen LogP contribution in [-0.2, 0) is 16.0 Å². The lowest BCUT2D eigenvalue weighted by molar-refractivity contribution is -0.145. The fourth-order valence-electron chi connectivity index (χ4n) is 2.73. The molecule has 0 bridgehead atoms. The summed E-state index contributed by atoms with van der Waals surface area (Å²) in [5, 5.41) is 9.67. The fourth-order valence-corrected chi connectivity index (χ4v) is 4.08. The zero-order chi connectivity index (χ0) is 19.4. The van der Waals surface area contributed by atoms with Crippen LogP contribution in [0, 0.1) is 0 Å². The van der Waals surface area contributed by atoms with Gasteiger partial charge in [0, 0.05) is 6.42 Å². The minimum absolute atomic E-state index is 0.193. The molecule has 27 heavy (non-hydrogen) atoms. The van der Waals surface area contributed by atoms with E-state index < -0.39 is 12.0 Å². The number of thioether (sulfide) groups is 1. The van der Waals surface area contributed by atoms with Gasteiger partial charge in [-0.3, -0.25) is 9.69 Å². The van der Waals surface area contributed by atoms with Crippen LogP contribution in [-0.4, -0.2) is 39.4 Å². The lowest BCUT2D eigenvalue weighted by atomic mass is 10.0. The zero-order valence-corrected chi connectivity index (χ0v) is 16.1. The standard InChI is InChI=1S/C20H17NO4S2/c1-25-15-9-7-14(8-10-15)12-17-18(22)21(20(26)27-17)16(19(23)24)11-13-5-3-2-4-6-13/h2-10,12,16H,11H2,1H3,(H,23,24)/b17-12-/t16-/m0/s1. The Labute approximate surface area is 166 Å². The van der Waals surface area contributed by atoms with Crippen LogP contribution in [0.3, 0.4) is 0 Å². The maximum Gasteiger partial charge on any atom is 0.327 e. The minimum atomic E-state index is -1.08. The molecule has 1 aliphatic rings. The van der Waals surface area contributed by atoms with Crippen molar-refractivity contribution in [2.75, 3.05) is 7.11 Å². The van der Waals surface area contributed by atoms with Crippen molar-refractivity contribution in [1.82, 2.24) is 4.90 Å². The summed E-state index contributed by atoms with van der Waals surface area (Å²) in [5.74, 6) is -0.751. The molecule has 2 aromatic carbocycles. The van der Waals surface area contributed by atoms with Crippen molar-refractivity contribution in [2.45, 2.75) is 12.5 Å². The second kappa shape index (κ2) is 8.37. The Hall–Kier alpha value is -2.64. The number of aliphatic carboxylic acids is 1. The fraction of sp³-hybridized carbons (Fsp3) is 0.150. The Bertz CT molecular complexity index is 894. The maximum atomic E-state index is 12.8. The number of rotatable bonds is 6. The topological polar surface area (TPSA) is 66.8 Å². The first kappa shape index (κ1) is 19.1. The Morgan fingerprint density at radius 2 is 1.89 bits per heavy atom. The third kappa shape index (κ3) is 4.37. The highest BCUT2D eigenvalue weighted by molar-refractivity contribution is 8.26. The van der Waals surface area contributed by atoms with Crippen LogP contribution in [0.4, 0.5) is 0 Å². The van der Waals surface area contributed by atoms with E-state index in [0.29, 0.717) is 10.7 Å². The summed E-state index contributed by atoms with van der Waals surface area (Å²) in [6.07, 6.45) is 1.90. The van der Waals surface area contributed by atoms with Gasteiger partial charge in [0.25, 0.3) is 5.91 Å². The molecular weight excluding hydrogens is 382 g/mol. The van der Waals surface area contributed by atoms with Gasteiger partial charge in [-0.05, 0) is 29.3 Å². The van der Waals surface area contributed by atoms with Crippen LogP contribution < -0.4 is 4.74 Å². The Morgan fingerprint density at radius 3 is 2.48 bits per heavy atom. The van der Waals surface area contributed by atoms with E-state index in [0.717, 1.165) is 22.9 Å². The largest absolute Gasteiger partial charge is 0.497 e. The highest BCUT2D eigenvalue weighted by Gasteiger charge is 2.40. The van der Waals surface area contributed by atoms with E-state index in [4.69, 9.17) is 17.0 Å². The van der Waals surface area contributed by atoms with Crippen molar-refractivity contribution < 1.29 is 19.4 Å². The van der Waals surface area contributed by atoms with E-state index in [-0.39, 0.29) is 16.6 Å². The first-order valence-electron chi connectivity index (χ1n) is 8.17. The number of carbonyl (C=O) groups excluding carboxylic acids is 1. The normalized spacial score (nSPS) is 16.6. The average Bonchev–Trinajstić information content (AvgIpc) is 2.94. The Morgan fingerprint density at radius 1 is 1.22 bits per heavy atom. The quantitative estimate of drug-likeness (QED) is 0.591. The van der Waals surface area contributed by atoms with Gasteiger partial charge in [-0.25, -0.2) is 4.79 Å². The summed E-state index contributed by atoms with van der Waals surface area (Å²) in [5.41, 5.74) is 1.64. The number of methoxy groups -OCH3 is 1. The summed E-state index contributed by atoms with van der Waals surface area (Å²) >= 11 is 6.42. The molecular formula is C20H17NO4S2. The molecule has 1 aliphatic heterocycles. The Balaban J connectivity index is 1.84. The molecule has 1 amide bonds. The van der Waals surface area contributed by atoms with Crippen molar-refractivity contribution in [3.8, 4) is 5.75 Å². The molecule has 5 nitrogen and oxygen atoms in total. The van der Waals surface area contributed by atoms with E-state index >= 15 is 0 Å². The van der Waals surface area contributed by atoms with Crippen molar-refractivity contribution >= 4 is 46.3 Å². The molecule has 1 saturated heterocycles. The van der Waals surface area contributed by atoms with Crippen LogP contribution in [0.2, 0.25) is 0 Å². The van der Waals surface area contributed by atoms with Crippen LogP contribution in [0.5, 0.6) is 5.75 Å². The lowest BCUT2D eigenvalue weighted by Crippen LogP contribution is -2.45. The maximum absolute atomic E-state index is 12.8. The number of carbonyl (C=O) groups is 2. The number of hydrogen-bond donors (Lipinski definition) is 1. The average molecular weight is 399 g/mol. The summed E-state index contributed by atoms with van der Waals surface area (Å²) in [6, 6.07) is 15.4. The summed E-state index contributed by atoms with van der Waals surface area (Å²) in [6.45, 7) is 0. The molecule has 1 heterocycles. The van der Waals surface area contributed by atoms with Crippen molar-refractivity contribution in [3.05, 3.63) is 70.6 Å². The van der Waals surface area contributed by atoms with Gasteiger partial charge in [-0.1, -0.05) is 66.4 Å². The van der Waals surface area contributed by atoms with E-state index in [1.165, 1.54) is 4.90 Å². The second-order valence-electron chi connectivity index (χ2n) is 5.87. The summed E-state index contributed by atoms with van der Waals surface area (Å²) in [4.78, 5) is 26.3. The predicted octanol–water partition coefficient (Wildman–Crippen LogP) is 3.59. The van der Waals surface area contributed by atoms with Gasteiger partial charge >= 0.3 is 5.97 Å². The number of hydrogen-bond acceptors (Lipinski definition) is 5. The summed E-state index contributed by atoms with van der Waals surface area (Å²) < 4.78 is 5.37. The molecule has 0 unspecified atom stereocenters. The number of benzene rings is 2. The molecule has 0 aromatic heterocycles. The second-order valence-corrected chi connectivity index (χ2v) is 7.54. The van der Waals surface area contributed by atoms with Gasteiger partial charge in [0.05, 0.1) is 12.0 Å². The number of thiocarbonyl (C=S) groups is 1. The smallest absolute Gasteiger partial charge is 0.327 e. The number of amides is 1. The number of carboxylic acid groups (broad SMARTS) is 1. The van der Waals surface area contributed by atoms with Crippen LogP contribution in [0.15, 0.2) is 59.5 Å². The van der Waals surface area contributed by atoms with Gasteiger partial charge in [-0.2, -0.15) is 0 Å². The number of ether oxygens (including phenoxy) is 1. The monoisotopic (exact) mass is 399 g/mol. The SMILES string of the molecule is COc1ccc(/C=C2\SC(=S)N([C@@H](Cc3ccccc3)C(=O)O)C2=O)cc1. The van der Waals surface area contributed by atoms with E-state index in [1.54, 1.807) is 25.3 Å². The van der Waals surface area contributed by atoms with Gasteiger partial charge in [0.2, 0.25) is 0 Å². The molecule has 7 heteroatoms. The van der Waals surface area contributed by atoms with Crippen LogP contribution >= 0.6 is 24.0 Å². The van der Waals surface area contributed by atoms with Gasteiger partial charge in [-0.15, -0.1) is 0 Å². The minimum Gasteiger partial charge on any atom is -0.497 e. The van der Waals surface area contributed by atoms with E-state index in [9.17, 15) is 14.7 Å². The van der Waals surface area contributed by atoms with Gasteiger partial charge in [0.1, 0.15) is 16.1 Å². The predicted molar refractivity (Wildman–Crippen MR) is 110 cm³/mol. The Kier molecular flexibility index (Phi) is 5.93. The van der Waals surface area contributed by atoms with E-state index in [1.807, 2.05) is 42.5 Å². The lowest BCUT2D eigenvalue weighted by Gasteiger charge is -2.23. The molecule has 0 aliphatic carbocycles. The third-order valence-corrected chi connectivity index (χ3v) is 5.44. The molecule has 138 valence electrons. The first-order chi connectivity index (χ1) is 13.0. The molecule has 2 aromatic rings. The number of carboxylic acids is 1. The van der Waals surface area contributed by atoms with E-state index in [2.05, 4.69) is 0 Å². The molecule has 1 N–H and O–H groups in total. The van der Waals surface area contributed by atoms with Crippen molar-refractivity contribution in [2.24, 2.45) is 0 Å². The van der Waals surface area contributed by atoms with Crippen LogP contribution in [0.1, 0.15) is 11.1 Å². The molecule has 0 saturated carbocycles. The van der Waals surface area contributed by atoms with Crippen molar-refractivity contribution in [1.29, 1.82) is 0 Å². The molecule has 0 radical (unpaired) electrons. The summed E-state index contributed by atoms with van der Waals surface area (Å²) in [7, 11) is 1.58. The zero-order valence-electron chi connectivity index (χ0n) is 14.5. The highest BCUT2D eigenvalue weighted by Crippen LogP contribution is 2.35. The third-order valence-electron chi connectivity index (χ3n) is 4.11. The molecule has 1 atom stereocenters. The highest BCUT2D eigenvalue weighted by atomic mass is 32.2.